The Bertz CT molecular complexity index is 768. The number of nitrogens with one attached hydrogen (secondary N) is 1. The molecule has 22 heavy (non-hydrogen) atoms. The van der Waals surface area contributed by atoms with Crippen LogP contribution in [-0.4, -0.2) is 16.1 Å². The van der Waals surface area contributed by atoms with Gasteiger partial charge in [-0.25, -0.2) is 9.37 Å². The summed E-state index contributed by atoms with van der Waals surface area (Å²) in [5, 5.41) is 2.49. The molecule has 1 unspecified atom stereocenters. The van der Waals surface area contributed by atoms with Gasteiger partial charge in [0.05, 0.1) is 15.5 Å². The van der Waals surface area contributed by atoms with E-state index < -0.39 is 0 Å². The lowest BCUT2D eigenvalue weighted by molar-refractivity contribution is -0.115. The van der Waals surface area contributed by atoms with Crippen molar-refractivity contribution in [2.75, 3.05) is 5.32 Å². The highest BCUT2D eigenvalue weighted by Crippen LogP contribution is 2.32. The second kappa shape index (κ2) is 6.46. The fourth-order valence-corrected chi connectivity index (χ4v) is 4.09. The number of aromatic nitrogens is 1. The molecule has 0 spiro atoms. The maximum atomic E-state index is 12.8. The second-order valence-corrected chi connectivity index (χ2v) is 7.32. The van der Waals surface area contributed by atoms with E-state index in [1.54, 1.807) is 23.5 Å². The van der Waals surface area contributed by atoms with Crippen molar-refractivity contribution in [2.45, 2.75) is 16.5 Å². The number of hydrogen-bond acceptors (Lipinski definition) is 4. The number of anilines is 1. The summed E-state index contributed by atoms with van der Waals surface area (Å²) in [5.74, 6) is -0.453. The van der Waals surface area contributed by atoms with Gasteiger partial charge in [-0.3, -0.25) is 4.79 Å². The zero-order valence-electron chi connectivity index (χ0n) is 11.7. The van der Waals surface area contributed by atoms with Gasteiger partial charge < -0.3 is 5.32 Å². The number of thioether (sulfide) groups is 1. The van der Waals surface area contributed by atoms with Gasteiger partial charge in [0.2, 0.25) is 5.91 Å². The third-order valence-corrected chi connectivity index (χ3v) is 5.26. The molecule has 0 saturated heterocycles. The topological polar surface area (TPSA) is 42.0 Å². The van der Waals surface area contributed by atoms with Crippen molar-refractivity contribution in [1.29, 1.82) is 0 Å². The predicted octanol–water partition coefficient (Wildman–Crippen LogP) is 4.55. The average Bonchev–Trinajstić information content (AvgIpc) is 2.91. The summed E-state index contributed by atoms with van der Waals surface area (Å²) in [7, 11) is 0. The van der Waals surface area contributed by atoms with E-state index in [0.29, 0.717) is 5.69 Å². The number of halogens is 1. The lowest BCUT2D eigenvalue weighted by Gasteiger charge is -2.10. The smallest absolute Gasteiger partial charge is 0.237 e. The molecule has 1 heterocycles. The zero-order valence-corrected chi connectivity index (χ0v) is 13.4. The van der Waals surface area contributed by atoms with Crippen LogP contribution >= 0.6 is 23.1 Å². The van der Waals surface area contributed by atoms with Crippen LogP contribution in [-0.2, 0) is 4.79 Å². The van der Waals surface area contributed by atoms with E-state index in [0.717, 1.165) is 14.6 Å². The van der Waals surface area contributed by atoms with Gasteiger partial charge in [-0.1, -0.05) is 23.9 Å². The van der Waals surface area contributed by atoms with Crippen LogP contribution in [0.2, 0.25) is 0 Å². The summed E-state index contributed by atoms with van der Waals surface area (Å²) in [5.41, 5.74) is 1.53. The van der Waals surface area contributed by atoms with Crippen molar-refractivity contribution in [3.8, 4) is 0 Å². The lowest BCUT2D eigenvalue weighted by atomic mass is 10.3. The van der Waals surface area contributed by atoms with Crippen LogP contribution in [0.3, 0.4) is 0 Å². The molecule has 0 radical (unpaired) electrons. The number of hydrogen-bond donors (Lipinski definition) is 1. The van der Waals surface area contributed by atoms with Crippen molar-refractivity contribution in [2.24, 2.45) is 0 Å². The Morgan fingerprint density at radius 3 is 2.68 bits per heavy atom. The maximum absolute atomic E-state index is 12.8. The molecule has 0 bridgehead atoms. The number of fused-ring (bicyclic) bond motifs is 1. The van der Waals surface area contributed by atoms with Crippen LogP contribution in [0.15, 0.2) is 52.9 Å². The maximum Gasteiger partial charge on any atom is 0.237 e. The van der Waals surface area contributed by atoms with E-state index in [1.165, 1.54) is 23.9 Å². The number of carbonyl (C=O) groups is 1. The first-order chi connectivity index (χ1) is 10.6. The van der Waals surface area contributed by atoms with Gasteiger partial charge in [0.15, 0.2) is 4.34 Å². The van der Waals surface area contributed by atoms with Crippen molar-refractivity contribution in [1.82, 2.24) is 4.98 Å². The van der Waals surface area contributed by atoms with E-state index >= 15 is 0 Å². The van der Waals surface area contributed by atoms with Crippen LogP contribution in [0, 0.1) is 5.82 Å². The molecule has 0 aliphatic carbocycles. The van der Waals surface area contributed by atoms with Crippen molar-refractivity contribution in [3.05, 3.63) is 54.3 Å². The molecular formula is C16H13FN2OS2. The predicted molar refractivity (Wildman–Crippen MR) is 90.0 cm³/mol. The lowest BCUT2D eigenvalue weighted by Crippen LogP contribution is -2.22. The third-order valence-electron chi connectivity index (χ3n) is 3.03. The number of para-hydroxylation sites is 1. The summed E-state index contributed by atoms with van der Waals surface area (Å²) in [6.07, 6.45) is 0. The number of rotatable bonds is 4. The summed E-state index contributed by atoms with van der Waals surface area (Å²) < 4.78 is 14.8. The minimum absolute atomic E-state index is 0.129. The highest BCUT2D eigenvalue weighted by atomic mass is 32.2. The Morgan fingerprint density at radius 2 is 1.95 bits per heavy atom. The first-order valence-corrected chi connectivity index (χ1v) is 8.40. The van der Waals surface area contributed by atoms with Crippen molar-refractivity contribution in [3.63, 3.8) is 0 Å². The van der Waals surface area contributed by atoms with Gasteiger partial charge in [-0.05, 0) is 43.3 Å². The molecule has 1 N–H and O–H groups in total. The van der Waals surface area contributed by atoms with E-state index in [-0.39, 0.29) is 17.0 Å². The molecule has 0 aliphatic rings. The Hall–Kier alpha value is -1.92. The van der Waals surface area contributed by atoms with E-state index in [4.69, 9.17) is 0 Å². The number of benzene rings is 2. The fourth-order valence-electron chi connectivity index (χ4n) is 1.88. The molecule has 1 atom stereocenters. The number of thiazole rings is 1. The Balaban J connectivity index is 1.66. The molecule has 112 valence electrons. The highest BCUT2D eigenvalue weighted by molar-refractivity contribution is 8.02. The van der Waals surface area contributed by atoms with Crippen molar-refractivity contribution < 1.29 is 9.18 Å². The van der Waals surface area contributed by atoms with Crippen LogP contribution in [0.5, 0.6) is 0 Å². The second-order valence-electron chi connectivity index (χ2n) is 4.70. The van der Waals surface area contributed by atoms with E-state index in [2.05, 4.69) is 10.3 Å². The molecule has 0 fully saturated rings. The van der Waals surface area contributed by atoms with Gasteiger partial charge >= 0.3 is 0 Å². The van der Waals surface area contributed by atoms with Crippen LogP contribution < -0.4 is 5.32 Å². The van der Waals surface area contributed by atoms with Crippen LogP contribution in [0.4, 0.5) is 10.1 Å². The van der Waals surface area contributed by atoms with E-state index in [9.17, 15) is 9.18 Å². The molecule has 1 amide bonds. The Kier molecular flexibility index (Phi) is 4.40. The molecule has 0 aliphatic heterocycles. The average molecular weight is 332 g/mol. The third kappa shape index (κ3) is 3.45. The monoisotopic (exact) mass is 332 g/mol. The molecule has 3 aromatic rings. The minimum atomic E-state index is -0.324. The van der Waals surface area contributed by atoms with Gasteiger partial charge in [0, 0.05) is 5.69 Å². The molecule has 3 rings (SSSR count). The quantitative estimate of drug-likeness (QED) is 0.712. The zero-order chi connectivity index (χ0) is 15.5. The summed E-state index contributed by atoms with van der Waals surface area (Å²) in [4.78, 5) is 16.7. The van der Waals surface area contributed by atoms with E-state index in [1.807, 2.05) is 31.2 Å². The number of nitrogens with zero attached hydrogens (tertiary/aromatic N) is 1. The Morgan fingerprint density at radius 1 is 1.23 bits per heavy atom. The first-order valence-electron chi connectivity index (χ1n) is 6.70. The van der Waals surface area contributed by atoms with Crippen molar-refractivity contribution >= 4 is 44.9 Å². The van der Waals surface area contributed by atoms with Crippen LogP contribution in [0.1, 0.15) is 6.92 Å². The molecule has 6 heteroatoms. The van der Waals surface area contributed by atoms with Gasteiger partial charge in [0.25, 0.3) is 0 Å². The van der Waals surface area contributed by atoms with Gasteiger partial charge in [-0.15, -0.1) is 11.3 Å². The minimum Gasteiger partial charge on any atom is -0.325 e. The van der Waals surface area contributed by atoms with Crippen LogP contribution in [0.25, 0.3) is 10.2 Å². The molecule has 3 nitrogen and oxygen atoms in total. The first kappa shape index (κ1) is 15.0. The largest absolute Gasteiger partial charge is 0.325 e. The molecule has 0 saturated carbocycles. The summed E-state index contributed by atoms with van der Waals surface area (Å²) in [6.45, 7) is 1.83. The number of amides is 1. The Labute approximate surface area is 135 Å². The fraction of sp³-hybridized carbons (Fsp3) is 0.125. The highest BCUT2D eigenvalue weighted by Gasteiger charge is 2.17. The summed E-state index contributed by atoms with van der Waals surface area (Å²) >= 11 is 2.99. The van der Waals surface area contributed by atoms with Gasteiger partial charge in [0.1, 0.15) is 5.82 Å². The van der Waals surface area contributed by atoms with Gasteiger partial charge in [-0.2, -0.15) is 0 Å². The SMILES string of the molecule is CC(Sc1nc2ccccc2s1)C(=O)Nc1ccc(F)cc1. The number of carbonyl (C=O) groups excluding carboxylic acids is 1. The summed E-state index contributed by atoms with van der Waals surface area (Å²) in [6, 6.07) is 13.6. The normalized spacial score (nSPS) is 12.3. The molecular weight excluding hydrogens is 319 g/mol. The molecule has 2 aromatic carbocycles. The standard InChI is InChI=1S/C16H13FN2OS2/c1-10(15(20)18-12-8-6-11(17)7-9-12)21-16-19-13-4-2-3-5-14(13)22-16/h2-10H,1H3,(H,18,20). The molecule has 1 aromatic heterocycles.